The highest BCUT2D eigenvalue weighted by atomic mass is 35.5. The van der Waals surface area contributed by atoms with E-state index in [0.29, 0.717) is 24.5 Å². The second kappa shape index (κ2) is 8.19. The first-order chi connectivity index (χ1) is 12.1. The van der Waals surface area contributed by atoms with Crippen LogP contribution in [0.3, 0.4) is 0 Å². The number of benzene rings is 1. The van der Waals surface area contributed by atoms with Crippen LogP contribution in [0, 0.1) is 5.92 Å². The molecule has 1 aromatic carbocycles. The van der Waals surface area contributed by atoms with E-state index in [1.165, 1.54) is 0 Å². The zero-order valence-corrected chi connectivity index (χ0v) is 15.5. The van der Waals surface area contributed by atoms with Gasteiger partial charge in [-0.25, -0.2) is 0 Å². The molecule has 3 rings (SSSR count). The highest BCUT2D eigenvalue weighted by molar-refractivity contribution is 6.30. The maximum atomic E-state index is 13.2. The second-order valence-corrected chi connectivity index (χ2v) is 7.28. The average molecular weight is 364 g/mol. The molecule has 0 bridgehead atoms. The molecule has 25 heavy (non-hydrogen) atoms. The fourth-order valence-electron chi connectivity index (χ4n) is 3.84. The number of halogens is 1. The van der Waals surface area contributed by atoms with E-state index in [2.05, 4.69) is 5.32 Å². The van der Waals surface area contributed by atoms with Crippen molar-refractivity contribution in [3.63, 3.8) is 0 Å². The van der Waals surface area contributed by atoms with E-state index in [1.807, 2.05) is 41.0 Å². The lowest BCUT2D eigenvalue weighted by atomic mass is 9.94. The molecule has 0 spiro atoms. The number of hydrogen-bond donors (Lipinski definition) is 1. The van der Waals surface area contributed by atoms with Gasteiger partial charge in [0.2, 0.25) is 11.8 Å². The summed E-state index contributed by atoms with van der Waals surface area (Å²) in [5.41, 5.74) is 1.06. The van der Waals surface area contributed by atoms with E-state index in [0.717, 1.165) is 38.0 Å². The minimum absolute atomic E-state index is 0.00259. The smallest absolute Gasteiger partial charge is 0.228 e. The van der Waals surface area contributed by atoms with Crippen LogP contribution in [0.2, 0.25) is 5.02 Å². The fraction of sp³-hybridized carbons (Fsp3) is 0.579. The van der Waals surface area contributed by atoms with Crippen molar-refractivity contribution in [3.8, 4) is 0 Å². The maximum Gasteiger partial charge on any atom is 0.228 e. The van der Waals surface area contributed by atoms with Gasteiger partial charge in [-0.1, -0.05) is 30.7 Å². The first-order valence-electron chi connectivity index (χ1n) is 9.14. The van der Waals surface area contributed by atoms with Crippen molar-refractivity contribution < 1.29 is 9.59 Å². The van der Waals surface area contributed by atoms with Crippen molar-refractivity contribution in [2.24, 2.45) is 5.92 Å². The Labute approximate surface area is 154 Å². The molecular formula is C19H26ClN3O2. The van der Waals surface area contributed by atoms with Gasteiger partial charge in [-0.3, -0.25) is 9.59 Å². The summed E-state index contributed by atoms with van der Waals surface area (Å²) in [5.74, 6) is 0.216. The Kier molecular flexibility index (Phi) is 5.97. The summed E-state index contributed by atoms with van der Waals surface area (Å²) in [4.78, 5) is 29.0. The Morgan fingerprint density at radius 2 is 2.16 bits per heavy atom. The lowest BCUT2D eigenvalue weighted by molar-refractivity contribution is -0.143. The first-order valence-corrected chi connectivity index (χ1v) is 9.52. The van der Waals surface area contributed by atoms with Crippen LogP contribution in [0.1, 0.15) is 37.8 Å². The summed E-state index contributed by atoms with van der Waals surface area (Å²) in [6.45, 7) is 5.42. The van der Waals surface area contributed by atoms with Gasteiger partial charge in [0.25, 0.3) is 0 Å². The largest absolute Gasteiger partial charge is 0.342 e. The normalized spacial score (nSPS) is 24.2. The van der Waals surface area contributed by atoms with Gasteiger partial charge in [0.15, 0.2) is 0 Å². The molecule has 2 amide bonds. The zero-order valence-electron chi connectivity index (χ0n) is 14.7. The summed E-state index contributed by atoms with van der Waals surface area (Å²) < 4.78 is 0. The quantitative estimate of drug-likeness (QED) is 0.897. The molecule has 2 aliphatic rings. The Bertz CT molecular complexity index is 637. The van der Waals surface area contributed by atoms with E-state index < -0.39 is 0 Å². The standard InChI is InChI=1S/C19H26ClN3O2/c1-2-18(24)22-9-4-6-15(13-22)19(25)23-10-8-21-12-17(23)14-5-3-7-16(20)11-14/h3,5,7,11,15,17,21H,2,4,6,8-10,12-13H2,1H3. The molecule has 136 valence electrons. The number of piperidine rings is 1. The number of carbonyl (C=O) groups excluding carboxylic acids is 2. The molecule has 1 N–H and O–H groups in total. The molecule has 5 nitrogen and oxygen atoms in total. The van der Waals surface area contributed by atoms with Crippen LogP contribution >= 0.6 is 11.6 Å². The number of rotatable bonds is 3. The third kappa shape index (κ3) is 4.15. The Morgan fingerprint density at radius 3 is 2.92 bits per heavy atom. The number of piperazine rings is 1. The van der Waals surface area contributed by atoms with E-state index in [-0.39, 0.29) is 23.8 Å². The molecule has 6 heteroatoms. The summed E-state index contributed by atoms with van der Waals surface area (Å²) in [7, 11) is 0. The molecule has 2 aliphatic heterocycles. The minimum Gasteiger partial charge on any atom is -0.342 e. The molecule has 1 aromatic rings. The number of likely N-dealkylation sites (tertiary alicyclic amines) is 1. The number of amides is 2. The summed E-state index contributed by atoms with van der Waals surface area (Å²) in [6.07, 6.45) is 2.26. The molecule has 0 radical (unpaired) electrons. The van der Waals surface area contributed by atoms with Crippen LogP contribution < -0.4 is 5.32 Å². The lowest BCUT2D eigenvalue weighted by Crippen LogP contribution is -2.53. The van der Waals surface area contributed by atoms with E-state index >= 15 is 0 Å². The van der Waals surface area contributed by atoms with Crippen molar-refractivity contribution in [2.75, 3.05) is 32.7 Å². The van der Waals surface area contributed by atoms with Gasteiger partial charge in [-0.15, -0.1) is 0 Å². The Balaban J connectivity index is 1.75. The predicted molar refractivity (Wildman–Crippen MR) is 98.4 cm³/mol. The molecule has 0 aliphatic carbocycles. The first kappa shape index (κ1) is 18.2. The van der Waals surface area contributed by atoms with E-state index in [9.17, 15) is 9.59 Å². The SMILES string of the molecule is CCC(=O)N1CCCC(C(=O)N2CCNCC2c2cccc(Cl)c2)C1. The van der Waals surface area contributed by atoms with Gasteiger partial charge in [0, 0.05) is 44.2 Å². The molecule has 2 fully saturated rings. The highest BCUT2D eigenvalue weighted by Crippen LogP contribution is 2.28. The van der Waals surface area contributed by atoms with Gasteiger partial charge in [0.1, 0.15) is 0 Å². The summed E-state index contributed by atoms with van der Waals surface area (Å²) in [6, 6.07) is 7.74. The summed E-state index contributed by atoms with van der Waals surface area (Å²) in [5, 5.41) is 4.06. The topological polar surface area (TPSA) is 52.7 Å². The van der Waals surface area contributed by atoms with Crippen LogP contribution in [0.15, 0.2) is 24.3 Å². The van der Waals surface area contributed by atoms with Gasteiger partial charge in [-0.05, 0) is 30.5 Å². The number of hydrogen-bond acceptors (Lipinski definition) is 3. The monoisotopic (exact) mass is 363 g/mol. The fourth-order valence-corrected chi connectivity index (χ4v) is 4.04. The minimum atomic E-state index is -0.0935. The molecule has 2 unspecified atom stereocenters. The molecule has 2 heterocycles. The summed E-state index contributed by atoms with van der Waals surface area (Å²) >= 11 is 6.14. The number of carbonyl (C=O) groups is 2. The number of nitrogens with one attached hydrogen (secondary N) is 1. The van der Waals surface area contributed by atoms with Gasteiger partial charge >= 0.3 is 0 Å². The van der Waals surface area contributed by atoms with Crippen LogP contribution in [-0.2, 0) is 9.59 Å². The highest BCUT2D eigenvalue weighted by Gasteiger charge is 2.35. The van der Waals surface area contributed by atoms with Crippen molar-refractivity contribution in [3.05, 3.63) is 34.9 Å². The van der Waals surface area contributed by atoms with Crippen LogP contribution in [0.5, 0.6) is 0 Å². The van der Waals surface area contributed by atoms with Gasteiger partial charge in [-0.2, -0.15) is 0 Å². The van der Waals surface area contributed by atoms with Crippen molar-refractivity contribution in [1.29, 1.82) is 0 Å². The lowest BCUT2D eigenvalue weighted by Gasteiger charge is -2.41. The zero-order chi connectivity index (χ0) is 17.8. The van der Waals surface area contributed by atoms with Crippen molar-refractivity contribution >= 4 is 23.4 Å². The predicted octanol–water partition coefficient (Wildman–Crippen LogP) is 2.46. The molecule has 2 saturated heterocycles. The molecule has 0 aromatic heterocycles. The van der Waals surface area contributed by atoms with Crippen LogP contribution in [0.25, 0.3) is 0 Å². The van der Waals surface area contributed by atoms with Crippen molar-refractivity contribution in [2.45, 2.75) is 32.2 Å². The Hall–Kier alpha value is -1.59. The molecule has 2 atom stereocenters. The van der Waals surface area contributed by atoms with Crippen molar-refractivity contribution in [1.82, 2.24) is 15.1 Å². The van der Waals surface area contributed by atoms with Gasteiger partial charge in [0.05, 0.1) is 12.0 Å². The Morgan fingerprint density at radius 1 is 1.32 bits per heavy atom. The number of nitrogens with zero attached hydrogens (tertiary/aromatic N) is 2. The molecular weight excluding hydrogens is 338 g/mol. The third-order valence-electron chi connectivity index (χ3n) is 5.19. The third-order valence-corrected chi connectivity index (χ3v) is 5.42. The van der Waals surface area contributed by atoms with Crippen LogP contribution in [0.4, 0.5) is 0 Å². The molecule has 0 saturated carbocycles. The van der Waals surface area contributed by atoms with E-state index in [1.54, 1.807) is 0 Å². The van der Waals surface area contributed by atoms with Crippen LogP contribution in [-0.4, -0.2) is 54.3 Å². The van der Waals surface area contributed by atoms with E-state index in [4.69, 9.17) is 11.6 Å². The second-order valence-electron chi connectivity index (χ2n) is 6.84. The average Bonchev–Trinajstić information content (AvgIpc) is 2.67. The van der Waals surface area contributed by atoms with Gasteiger partial charge < -0.3 is 15.1 Å². The maximum absolute atomic E-state index is 13.2.